The van der Waals surface area contributed by atoms with Gasteiger partial charge in [0.1, 0.15) is 17.9 Å². The van der Waals surface area contributed by atoms with E-state index in [1.54, 1.807) is 12.1 Å². The maximum absolute atomic E-state index is 11.1. The minimum absolute atomic E-state index is 0.0245. The molecule has 2 aromatic carbocycles. The fraction of sp³-hybridized carbons (Fsp3) is 0.385. The van der Waals surface area contributed by atoms with Gasteiger partial charge >= 0.3 is 5.97 Å². The number of hydrogen-bond acceptors (Lipinski definition) is 8. The predicted molar refractivity (Wildman–Crippen MR) is 126 cm³/mol. The second-order valence-corrected chi connectivity index (χ2v) is 8.69. The molecule has 0 aliphatic carbocycles. The summed E-state index contributed by atoms with van der Waals surface area (Å²) >= 11 is 0. The monoisotopic (exact) mass is 460 g/mol. The number of nitrogens with zero attached hydrogens (tertiary/aromatic N) is 4. The maximum Gasteiger partial charge on any atom is 0.302 e. The first-order chi connectivity index (χ1) is 16.4. The van der Waals surface area contributed by atoms with Crippen molar-refractivity contribution in [1.29, 1.82) is 5.26 Å². The molecule has 8 heteroatoms. The highest BCUT2D eigenvalue weighted by molar-refractivity contribution is 5.66. The van der Waals surface area contributed by atoms with Gasteiger partial charge in [0.05, 0.1) is 11.7 Å². The molecule has 0 saturated carbocycles. The largest absolute Gasteiger partial charge is 0.490 e. The summed E-state index contributed by atoms with van der Waals surface area (Å²) in [6, 6.07) is 15.5. The zero-order valence-corrected chi connectivity index (χ0v) is 19.7. The summed E-state index contributed by atoms with van der Waals surface area (Å²) in [5.41, 5.74) is 3.14. The van der Waals surface area contributed by atoms with Gasteiger partial charge in [-0.2, -0.15) is 10.2 Å². The number of esters is 1. The Balaban J connectivity index is 1.40. The molecule has 0 bridgehead atoms. The lowest BCUT2D eigenvalue weighted by atomic mass is 10.1. The van der Waals surface area contributed by atoms with Crippen LogP contribution in [0, 0.1) is 11.3 Å². The number of benzene rings is 2. The minimum atomic E-state index is -0.207. The first kappa shape index (κ1) is 23.5. The molecule has 3 aromatic rings. The third-order valence-corrected chi connectivity index (χ3v) is 5.62. The van der Waals surface area contributed by atoms with Gasteiger partial charge < -0.3 is 14.0 Å². The Hall–Kier alpha value is -3.70. The molecule has 1 fully saturated rings. The fourth-order valence-electron chi connectivity index (χ4n) is 4.00. The Kier molecular flexibility index (Phi) is 7.24. The van der Waals surface area contributed by atoms with Crippen LogP contribution in [-0.4, -0.2) is 46.3 Å². The Morgan fingerprint density at radius 3 is 2.53 bits per heavy atom. The minimum Gasteiger partial charge on any atom is -0.490 e. The molecule has 1 aliphatic heterocycles. The van der Waals surface area contributed by atoms with Crippen molar-refractivity contribution >= 4 is 5.97 Å². The van der Waals surface area contributed by atoms with Crippen LogP contribution in [0.4, 0.5) is 0 Å². The van der Waals surface area contributed by atoms with Crippen LogP contribution in [0.1, 0.15) is 44.7 Å². The van der Waals surface area contributed by atoms with E-state index in [4.69, 9.17) is 14.0 Å². The molecule has 8 nitrogen and oxygen atoms in total. The van der Waals surface area contributed by atoms with Crippen LogP contribution in [0.3, 0.4) is 0 Å². The van der Waals surface area contributed by atoms with Gasteiger partial charge in [-0.25, -0.2) is 0 Å². The average molecular weight is 461 g/mol. The normalized spacial score (nSPS) is 14.7. The van der Waals surface area contributed by atoms with Crippen LogP contribution in [0.15, 0.2) is 47.0 Å². The third-order valence-electron chi connectivity index (χ3n) is 5.62. The van der Waals surface area contributed by atoms with Gasteiger partial charge in [-0.05, 0) is 50.5 Å². The Morgan fingerprint density at radius 2 is 1.88 bits per heavy atom. The van der Waals surface area contributed by atoms with Gasteiger partial charge in [0.25, 0.3) is 5.89 Å². The summed E-state index contributed by atoms with van der Waals surface area (Å²) in [4.78, 5) is 18.0. The van der Waals surface area contributed by atoms with Crippen molar-refractivity contribution in [3.63, 3.8) is 0 Å². The highest BCUT2D eigenvalue weighted by Gasteiger charge is 2.21. The molecule has 0 atom stereocenters. The number of carbonyl (C=O) groups excluding carboxylic acids is 1. The second kappa shape index (κ2) is 10.5. The standard InChI is InChI=1S/C26H28N4O4/c1-17(2)32-24-9-8-21(14-22(24)15-27)26-28-25(29-34-26)20-6-4-19(5-7-20)16-30-12-10-23(11-13-30)33-18(3)31/h4-9,14,17,23H,10-13,16H2,1-3H3. The quantitative estimate of drug-likeness (QED) is 0.472. The Bertz CT molecular complexity index is 1170. The van der Waals surface area contributed by atoms with Crippen molar-refractivity contribution in [3.05, 3.63) is 53.6 Å². The van der Waals surface area contributed by atoms with Gasteiger partial charge in [-0.3, -0.25) is 9.69 Å². The summed E-state index contributed by atoms with van der Waals surface area (Å²) in [7, 11) is 0. The van der Waals surface area contributed by atoms with Crippen molar-refractivity contribution in [3.8, 4) is 34.7 Å². The lowest BCUT2D eigenvalue weighted by Crippen LogP contribution is -2.37. The molecule has 176 valence electrons. The first-order valence-corrected chi connectivity index (χ1v) is 11.4. The summed E-state index contributed by atoms with van der Waals surface area (Å²) in [6.07, 6.45) is 1.73. The second-order valence-electron chi connectivity index (χ2n) is 8.69. The highest BCUT2D eigenvalue weighted by atomic mass is 16.5. The summed E-state index contributed by atoms with van der Waals surface area (Å²) < 4.78 is 16.4. The zero-order chi connectivity index (χ0) is 24.1. The van der Waals surface area contributed by atoms with Crippen molar-refractivity contribution < 1.29 is 18.8 Å². The first-order valence-electron chi connectivity index (χ1n) is 11.4. The van der Waals surface area contributed by atoms with Gasteiger partial charge in [-0.1, -0.05) is 29.4 Å². The van der Waals surface area contributed by atoms with E-state index in [1.807, 2.05) is 32.0 Å². The van der Waals surface area contributed by atoms with Crippen LogP contribution < -0.4 is 4.74 Å². The third kappa shape index (κ3) is 5.80. The van der Waals surface area contributed by atoms with Gasteiger partial charge in [-0.15, -0.1) is 0 Å². The van der Waals surface area contributed by atoms with Crippen molar-refractivity contribution in [1.82, 2.24) is 15.0 Å². The van der Waals surface area contributed by atoms with Gasteiger partial charge in [0.2, 0.25) is 5.82 Å². The number of rotatable bonds is 7. The molecule has 0 N–H and O–H groups in total. The fourth-order valence-corrected chi connectivity index (χ4v) is 4.00. The van der Waals surface area contributed by atoms with Crippen LogP contribution in [-0.2, 0) is 16.1 Å². The summed E-state index contributed by atoms with van der Waals surface area (Å²) in [6.45, 7) is 7.94. The molecule has 0 spiro atoms. The molecule has 1 aromatic heterocycles. The van der Waals surface area contributed by atoms with E-state index >= 15 is 0 Å². The van der Waals surface area contributed by atoms with E-state index in [1.165, 1.54) is 12.5 Å². The Morgan fingerprint density at radius 1 is 1.18 bits per heavy atom. The lowest BCUT2D eigenvalue weighted by molar-refractivity contribution is -0.148. The van der Waals surface area contributed by atoms with Gasteiger partial charge in [0, 0.05) is 37.7 Å². The van der Waals surface area contributed by atoms with E-state index in [0.717, 1.165) is 38.0 Å². The number of hydrogen-bond donors (Lipinski definition) is 0. The molecule has 0 amide bonds. The molecule has 0 radical (unpaired) electrons. The smallest absolute Gasteiger partial charge is 0.302 e. The van der Waals surface area contributed by atoms with E-state index in [2.05, 4.69) is 33.2 Å². The molecular formula is C26H28N4O4. The number of carbonyl (C=O) groups is 1. The summed E-state index contributed by atoms with van der Waals surface area (Å²) in [5.74, 6) is 1.17. The van der Waals surface area contributed by atoms with Crippen LogP contribution in [0.2, 0.25) is 0 Å². The SMILES string of the molecule is CC(=O)OC1CCN(Cc2ccc(-c3noc(-c4ccc(OC(C)C)c(C#N)c4)n3)cc2)CC1. The van der Waals surface area contributed by atoms with Crippen molar-refractivity contribution in [2.24, 2.45) is 0 Å². The topological polar surface area (TPSA) is 101 Å². The molecule has 1 aliphatic rings. The number of aromatic nitrogens is 2. The van der Waals surface area contributed by atoms with Crippen LogP contribution in [0.25, 0.3) is 22.8 Å². The molecular weight excluding hydrogens is 432 g/mol. The van der Waals surface area contributed by atoms with E-state index in [9.17, 15) is 10.1 Å². The summed E-state index contributed by atoms with van der Waals surface area (Å²) in [5, 5.41) is 13.6. The number of nitriles is 1. The molecule has 1 saturated heterocycles. The van der Waals surface area contributed by atoms with E-state index in [-0.39, 0.29) is 18.2 Å². The molecule has 2 heterocycles. The van der Waals surface area contributed by atoms with Crippen LogP contribution in [0.5, 0.6) is 5.75 Å². The van der Waals surface area contributed by atoms with E-state index < -0.39 is 0 Å². The average Bonchev–Trinajstić information content (AvgIpc) is 3.31. The maximum atomic E-state index is 11.1. The van der Waals surface area contributed by atoms with Crippen molar-refractivity contribution in [2.75, 3.05) is 13.1 Å². The van der Waals surface area contributed by atoms with Crippen LogP contribution >= 0.6 is 0 Å². The molecule has 4 rings (SSSR count). The van der Waals surface area contributed by atoms with Crippen molar-refractivity contribution in [2.45, 2.75) is 52.4 Å². The van der Waals surface area contributed by atoms with Gasteiger partial charge in [0.15, 0.2) is 0 Å². The number of likely N-dealkylation sites (tertiary alicyclic amines) is 1. The number of piperidine rings is 1. The molecule has 34 heavy (non-hydrogen) atoms. The zero-order valence-electron chi connectivity index (χ0n) is 19.7. The predicted octanol–water partition coefficient (Wildman–Crippen LogP) is 4.59. The number of ether oxygens (including phenoxy) is 2. The molecule has 0 unspecified atom stereocenters. The highest BCUT2D eigenvalue weighted by Crippen LogP contribution is 2.28. The lowest BCUT2D eigenvalue weighted by Gasteiger charge is -2.31. The van der Waals surface area contributed by atoms with E-state index in [0.29, 0.717) is 28.6 Å². The Labute approximate surface area is 199 Å².